The molecule has 3 N–H and O–H groups in total. The summed E-state index contributed by atoms with van der Waals surface area (Å²) >= 11 is 4.91. The molecule has 0 aromatic heterocycles. The van der Waals surface area contributed by atoms with E-state index in [-0.39, 0.29) is 28.7 Å². The number of nitrogens with one attached hydrogen (secondary N) is 3. The van der Waals surface area contributed by atoms with Gasteiger partial charge in [0.2, 0.25) is 5.91 Å². The minimum absolute atomic E-state index is 0.118. The first-order chi connectivity index (χ1) is 12.0. The number of hydrogen-bond acceptors (Lipinski definition) is 5. The highest BCUT2D eigenvalue weighted by Crippen LogP contribution is 2.16. The minimum atomic E-state index is -0.744. The third-order valence-corrected chi connectivity index (χ3v) is 3.30. The van der Waals surface area contributed by atoms with Crippen molar-refractivity contribution in [3.05, 3.63) is 75.8 Å². The molecular weight excluding hydrogens is 344 g/mol. The van der Waals surface area contributed by atoms with Crippen LogP contribution in [0, 0.1) is 10.1 Å². The quantitative estimate of drug-likeness (QED) is 0.433. The van der Waals surface area contributed by atoms with Gasteiger partial charge in [-0.15, -0.1) is 0 Å². The molecular formula is C16H14N4O4S. The first-order valence-electron chi connectivity index (χ1n) is 7.15. The highest BCUT2D eigenvalue weighted by Gasteiger charge is 2.19. The fourth-order valence-electron chi connectivity index (χ4n) is 1.99. The first-order valence-corrected chi connectivity index (χ1v) is 7.55. The number of para-hydroxylation sites is 1. The van der Waals surface area contributed by atoms with Crippen molar-refractivity contribution < 1.29 is 14.5 Å². The van der Waals surface area contributed by atoms with Crippen molar-refractivity contribution in [1.82, 2.24) is 16.2 Å². The highest BCUT2D eigenvalue weighted by atomic mass is 32.1. The maximum atomic E-state index is 12.0. The topological polar surface area (TPSA) is 113 Å². The molecule has 2 aromatic carbocycles. The lowest BCUT2D eigenvalue weighted by molar-refractivity contribution is -0.385. The summed E-state index contributed by atoms with van der Waals surface area (Å²) in [6.07, 6.45) is 0.126. The van der Waals surface area contributed by atoms with E-state index >= 15 is 0 Å². The summed E-state index contributed by atoms with van der Waals surface area (Å²) in [4.78, 5) is 34.1. The van der Waals surface area contributed by atoms with Gasteiger partial charge in [0.25, 0.3) is 11.6 Å². The lowest BCUT2D eigenvalue weighted by atomic mass is 10.1. The monoisotopic (exact) mass is 358 g/mol. The van der Waals surface area contributed by atoms with Crippen LogP contribution in [-0.4, -0.2) is 21.9 Å². The summed E-state index contributed by atoms with van der Waals surface area (Å²) in [6.45, 7) is 0. The molecule has 0 bridgehead atoms. The number of amides is 2. The Kier molecular flexibility index (Phi) is 6.13. The zero-order chi connectivity index (χ0) is 18.2. The van der Waals surface area contributed by atoms with Gasteiger partial charge in [0.1, 0.15) is 5.56 Å². The molecule has 0 radical (unpaired) electrons. The van der Waals surface area contributed by atoms with Crippen LogP contribution >= 0.6 is 12.2 Å². The molecule has 0 heterocycles. The summed E-state index contributed by atoms with van der Waals surface area (Å²) in [5, 5.41) is 13.2. The molecule has 0 saturated carbocycles. The van der Waals surface area contributed by atoms with Crippen LogP contribution in [0.15, 0.2) is 54.6 Å². The van der Waals surface area contributed by atoms with E-state index in [0.717, 1.165) is 5.56 Å². The average Bonchev–Trinajstić information content (AvgIpc) is 2.60. The lowest BCUT2D eigenvalue weighted by Crippen LogP contribution is -2.48. The van der Waals surface area contributed by atoms with Gasteiger partial charge >= 0.3 is 0 Å². The molecule has 0 aliphatic carbocycles. The van der Waals surface area contributed by atoms with E-state index < -0.39 is 10.8 Å². The van der Waals surface area contributed by atoms with Crippen molar-refractivity contribution in [2.24, 2.45) is 0 Å². The van der Waals surface area contributed by atoms with Crippen LogP contribution in [0.3, 0.4) is 0 Å². The number of nitrogens with zero attached hydrogens (tertiary/aromatic N) is 1. The van der Waals surface area contributed by atoms with Crippen LogP contribution in [0.25, 0.3) is 0 Å². The molecule has 2 aromatic rings. The van der Waals surface area contributed by atoms with Gasteiger partial charge in [-0.1, -0.05) is 42.5 Å². The van der Waals surface area contributed by atoms with E-state index in [1.165, 1.54) is 24.3 Å². The SMILES string of the molecule is O=C(Cc1ccccc1)NC(=S)NNC(=O)c1ccccc1[N+](=O)[O-]. The van der Waals surface area contributed by atoms with Crippen molar-refractivity contribution in [3.63, 3.8) is 0 Å². The largest absolute Gasteiger partial charge is 0.302 e. The molecule has 8 nitrogen and oxygen atoms in total. The predicted octanol–water partition coefficient (Wildman–Crippen LogP) is 1.47. The van der Waals surface area contributed by atoms with Crippen molar-refractivity contribution in [3.8, 4) is 0 Å². The van der Waals surface area contributed by atoms with Crippen LogP contribution in [0.2, 0.25) is 0 Å². The molecule has 2 rings (SSSR count). The predicted molar refractivity (Wildman–Crippen MR) is 94.6 cm³/mol. The second-order valence-electron chi connectivity index (χ2n) is 4.89. The van der Waals surface area contributed by atoms with Crippen molar-refractivity contribution in [2.75, 3.05) is 0 Å². The minimum Gasteiger partial charge on any atom is -0.302 e. The van der Waals surface area contributed by atoms with E-state index in [0.29, 0.717) is 0 Å². The summed E-state index contributed by atoms with van der Waals surface area (Å²) < 4.78 is 0. The average molecular weight is 358 g/mol. The first kappa shape index (κ1) is 18.0. The number of hydrazine groups is 1. The van der Waals surface area contributed by atoms with E-state index in [4.69, 9.17) is 12.2 Å². The molecule has 25 heavy (non-hydrogen) atoms. The fourth-order valence-corrected chi connectivity index (χ4v) is 2.15. The molecule has 0 atom stereocenters. The molecule has 0 spiro atoms. The molecule has 0 aliphatic rings. The third-order valence-electron chi connectivity index (χ3n) is 3.10. The van der Waals surface area contributed by atoms with Crippen LogP contribution in [0.5, 0.6) is 0 Å². The number of carbonyl (C=O) groups is 2. The molecule has 0 saturated heterocycles. The number of rotatable bonds is 4. The zero-order valence-corrected chi connectivity index (χ0v) is 13.7. The molecule has 0 unspecified atom stereocenters. The number of nitro benzene ring substituents is 1. The van der Waals surface area contributed by atoms with Crippen LogP contribution < -0.4 is 16.2 Å². The summed E-state index contributed by atoms with van der Waals surface area (Å²) in [5.41, 5.74) is 4.91. The van der Waals surface area contributed by atoms with Crippen molar-refractivity contribution >= 4 is 34.8 Å². The molecule has 0 fully saturated rings. The zero-order valence-electron chi connectivity index (χ0n) is 12.9. The highest BCUT2D eigenvalue weighted by molar-refractivity contribution is 7.80. The number of carbonyl (C=O) groups excluding carboxylic acids is 2. The number of thiocarbonyl (C=S) groups is 1. The second kappa shape index (κ2) is 8.50. The van der Waals surface area contributed by atoms with Gasteiger partial charge in [0.05, 0.1) is 11.3 Å². The number of benzene rings is 2. The van der Waals surface area contributed by atoms with Gasteiger partial charge in [-0.2, -0.15) is 0 Å². The Morgan fingerprint density at radius 3 is 2.32 bits per heavy atom. The normalized spacial score (nSPS) is 9.76. The Labute approximate surface area is 148 Å². The molecule has 2 amide bonds. The van der Waals surface area contributed by atoms with E-state index in [1.807, 2.05) is 18.2 Å². The van der Waals surface area contributed by atoms with Gasteiger partial charge < -0.3 is 5.32 Å². The Bertz CT molecular complexity index is 811. The van der Waals surface area contributed by atoms with Crippen LogP contribution in [0.4, 0.5) is 5.69 Å². The van der Waals surface area contributed by atoms with Gasteiger partial charge in [0, 0.05) is 6.07 Å². The smallest absolute Gasteiger partial charge is 0.282 e. The fraction of sp³-hybridized carbons (Fsp3) is 0.0625. The third kappa shape index (κ3) is 5.36. The summed E-state index contributed by atoms with van der Waals surface area (Å²) in [5.74, 6) is -1.10. The Hall–Kier alpha value is -3.33. The van der Waals surface area contributed by atoms with Crippen LogP contribution in [-0.2, 0) is 11.2 Å². The van der Waals surface area contributed by atoms with Gasteiger partial charge in [0.15, 0.2) is 5.11 Å². The summed E-state index contributed by atoms with van der Waals surface area (Å²) in [6, 6.07) is 14.5. The molecule has 9 heteroatoms. The Morgan fingerprint density at radius 1 is 1.00 bits per heavy atom. The molecule has 128 valence electrons. The summed E-state index contributed by atoms with van der Waals surface area (Å²) in [7, 11) is 0. The Morgan fingerprint density at radius 2 is 1.64 bits per heavy atom. The van der Waals surface area contributed by atoms with Gasteiger partial charge in [-0.05, 0) is 23.8 Å². The standard InChI is InChI=1S/C16H14N4O4S/c21-14(10-11-6-2-1-3-7-11)17-16(25)19-18-15(22)12-8-4-5-9-13(12)20(23)24/h1-9H,10H2,(H,18,22)(H2,17,19,21,25). The number of nitro groups is 1. The Balaban J connectivity index is 1.86. The van der Waals surface area contributed by atoms with E-state index in [1.54, 1.807) is 12.1 Å². The van der Waals surface area contributed by atoms with Crippen LogP contribution in [0.1, 0.15) is 15.9 Å². The van der Waals surface area contributed by atoms with Gasteiger partial charge in [-0.25, -0.2) is 0 Å². The number of hydrogen-bond donors (Lipinski definition) is 3. The lowest BCUT2D eigenvalue weighted by Gasteiger charge is -2.11. The second-order valence-corrected chi connectivity index (χ2v) is 5.30. The maximum absolute atomic E-state index is 12.0. The van der Waals surface area contributed by atoms with Crippen molar-refractivity contribution in [2.45, 2.75) is 6.42 Å². The van der Waals surface area contributed by atoms with Crippen molar-refractivity contribution in [1.29, 1.82) is 0 Å². The molecule has 0 aliphatic heterocycles. The van der Waals surface area contributed by atoms with Gasteiger partial charge in [-0.3, -0.25) is 30.6 Å². The van der Waals surface area contributed by atoms with E-state index in [2.05, 4.69) is 16.2 Å². The maximum Gasteiger partial charge on any atom is 0.282 e. The van der Waals surface area contributed by atoms with E-state index in [9.17, 15) is 19.7 Å².